The molecular weight excluding hydrogens is 376 g/mol. The molecule has 0 saturated heterocycles. The van der Waals surface area contributed by atoms with Gasteiger partial charge in [-0.25, -0.2) is 4.79 Å². The van der Waals surface area contributed by atoms with Crippen LogP contribution < -0.4 is 10.6 Å². The fraction of sp³-hybridized carbons (Fsp3) is 0.278. The summed E-state index contributed by atoms with van der Waals surface area (Å²) in [7, 11) is 0. The maximum atomic E-state index is 12.3. The quantitative estimate of drug-likeness (QED) is 0.705. The molecule has 6 nitrogen and oxygen atoms in total. The number of anilines is 1. The highest BCUT2D eigenvalue weighted by molar-refractivity contribution is 7.12. The lowest BCUT2D eigenvalue weighted by atomic mass is 10.0. The van der Waals surface area contributed by atoms with Crippen LogP contribution in [-0.4, -0.2) is 30.4 Å². The maximum absolute atomic E-state index is 12.3. The summed E-state index contributed by atoms with van der Waals surface area (Å²) in [5, 5.41) is 7.37. The topological polar surface area (TPSA) is 84.5 Å². The molecule has 1 heterocycles. The molecule has 0 aliphatic rings. The van der Waals surface area contributed by atoms with E-state index in [-0.39, 0.29) is 11.8 Å². The molecule has 0 radical (unpaired) electrons. The van der Waals surface area contributed by atoms with Crippen molar-refractivity contribution in [1.82, 2.24) is 5.32 Å². The Hall–Kier alpha value is -2.38. The number of para-hydroxylation sites is 1. The molecule has 1 aromatic heterocycles. The molecule has 2 aromatic rings. The van der Waals surface area contributed by atoms with Crippen LogP contribution in [0.4, 0.5) is 5.69 Å². The number of ether oxygens (including phenoxy) is 1. The van der Waals surface area contributed by atoms with Crippen LogP contribution in [0.2, 0.25) is 5.02 Å². The highest BCUT2D eigenvalue weighted by Gasteiger charge is 2.27. The third kappa shape index (κ3) is 5.57. The van der Waals surface area contributed by atoms with E-state index >= 15 is 0 Å². The minimum Gasteiger partial charge on any atom is -0.454 e. The maximum Gasteiger partial charge on any atom is 0.329 e. The minimum absolute atomic E-state index is 0.196. The Bertz CT molecular complexity index is 777. The van der Waals surface area contributed by atoms with Crippen LogP contribution in [0.5, 0.6) is 0 Å². The summed E-state index contributed by atoms with van der Waals surface area (Å²) in [6, 6.07) is 9.31. The third-order valence-corrected chi connectivity index (χ3v) is 4.64. The number of amides is 2. The predicted molar refractivity (Wildman–Crippen MR) is 101 cm³/mol. The molecule has 8 heteroatoms. The lowest BCUT2D eigenvalue weighted by molar-refractivity contribution is -0.150. The van der Waals surface area contributed by atoms with Gasteiger partial charge >= 0.3 is 5.97 Å². The van der Waals surface area contributed by atoms with Crippen molar-refractivity contribution in [2.75, 3.05) is 11.9 Å². The van der Waals surface area contributed by atoms with Crippen molar-refractivity contribution >= 4 is 46.4 Å². The van der Waals surface area contributed by atoms with Gasteiger partial charge in [0.2, 0.25) is 0 Å². The fourth-order valence-electron chi connectivity index (χ4n) is 2.09. The van der Waals surface area contributed by atoms with Gasteiger partial charge in [-0.3, -0.25) is 9.59 Å². The Morgan fingerprint density at radius 1 is 1.15 bits per heavy atom. The fourth-order valence-corrected chi connectivity index (χ4v) is 2.90. The predicted octanol–water partition coefficient (Wildman–Crippen LogP) is 3.34. The van der Waals surface area contributed by atoms with Gasteiger partial charge in [0.05, 0.1) is 15.6 Å². The first kappa shape index (κ1) is 19.9. The number of thiophene rings is 1. The van der Waals surface area contributed by atoms with Gasteiger partial charge < -0.3 is 15.4 Å². The van der Waals surface area contributed by atoms with E-state index in [0.29, 0.717) is 15.6 Å². The summed E-state index contributed by atoms with van der Waals surface area (Å²) in [4.78, 5) is 36.9. The summed E-state index contributed by atoms with van der Waals surface area (Å²) >= 11 is 7.24. The molecular formula is C18H19ClN2O4S. The Kier molecular flexibility index (Phi) is 7.17. The number of carbonyl (C=O) groups is 3. The van der Waals surface area contributed by atoms with Crippen LogP contribution in [0.15, 0.2) is 41.8 Å². The summed E-state index contributed by atoms with van der Waals surface area (Å²) in [5.41, 5.74) is 0.432. The summed E-state index contributed by atoms with van der Waals surface area (Å²) in [5.74, 6) is -1.73. The van der Waals surface area contributed by atoms with Gasteiger partial charge in [0.25, 0.3) is 11.8 Å². The van der Waals surface area contributed by atoms with Gasteiger partial charge in [0.1, 0.15) is 6.04 Å². The second kappa shape index (κ2) is 9.35. The van der Waals surface area contributed by atoms with Crippen molar-refractivity contribution in [3.05, 3.63) is 51.7 Å². The monoisotopic (exact) mass is 394 g/mol. The van der Waals surface area contributed by atoms with Crippen molar-refractivity contribution in [2.24, 2.45) is 5.92 Å². The van der Waals surface area contributed by atoms with Crippen LogP contribution in [0.1, 0.15) is 23.5 Å². The standard InChI is InChI=1S/C18H19ClN2O4S/c1-11(2)16(21-17(23)14-8-5-9-26-14)18(24)25-10-15(22)20-13-7-4-3-6-12(13)19/h3-9,11,16H,10H2,1-2H3,(H,20,22)(H,21,23)/t16-/m1/s1. The molecule has 0 bridgehead atoms. The third-order valence-electron chi connectivity index (χ3n) is 3.45. The molecule has 0 spiro atoms. The van der Waals surface area contributed by atoms with Crippen LogP contribution in [-0.2, 0) is 14.3 Å². The Morgan fingerprint density at radius 2 is 1.88 bits per heavy atom. The molecule has 1 aromatic carbocycles. The zero-order valence-corrected chi connectivity index (χ0v) is 15.9. The van der Waals surface area contributed by atoms with E-state index < -0.39 is 24.5 Å². The van der Waals surface area contributed by atoms with Crippen LogP contribution in [0.25, 0.3) is 0 Å². The number of esters is 1. The smallest absolute Gasteiger partial charge is 0.329 e. The largest absolute Gasteiger partial charge is 0.454 e. The lowest BCUT2D eigenvalue weighted by Gasteiger charge is -2.20. The van der Waals surface area contributed by atoms with E-state index in [1.165, 1.54) is 11.3 Å². The molecule has 1 atom stereocenters. The van der Waals surface area contributed by atoms with Crippen molar-refractivity contribution in [3.63, 3.8) is 0 Å². The average Bonchev–Trinajstić information content (AvgIpc) is 3.14. The lowest BCUT2D eigenvalue weighted by Crippen LogP contribution is -2.45. The second-order valence-electron chi connectivity index (χ2n) is 5.81. The average molecular weight is 395 g/mol. The number of carbonyl (C=O) groups excluding carboxylic acids is 3. The first-order valence-corrected chi connectivity index (χ1v) is 9.19. The summed E-state index contributed by atoms with van der Waals surface area (Å²) in [6.45, 7) is 3.09. The minimum atomic E-state index is -0.849. The van der Waals surface area contributed by atoms with Crippen LogP contribution >= 0.6 is 22.9 Å². The van der Waals surface area contributed by atoms with E-state index in [4.69, 9.17) is 16.3 Å². The number of benzene rings is 1. The number of rotatable bonds is 7. The molecule has 0 saturated carbocycles. The van der Waals surface area contributed by atoms with Crippen LogP contribution in [0, 0.1) is 5.92 Å². The first-order chi connectivity index (χ1) is 12.4. The Labute approximate surface area is 160 Å². The van der Waals surface area contributed by atoms with Crippen LogP contribution in [0.3, 0.4) is 0 Å². The molecule has 2 N–H and O–H groups in total. The summed E-state index contributed by atoms with van der Waals surface area (Å²) in [6.07, 6.45) is 0. The van der Waals surface area contributed by atoms with E-state index in [2.05, 4.69) is 10.6 Å². The van der Waals surface area contributed by atoms with Crippen molar-refractivity contribution in [3.8, 4) is 0 Å². The molecule has 26 heavy (non-hydrogen) atoms. The molecule has 0 aliphatic carbocycles. The Morgan fingerprint density at radius 3 is 2.50 bits per heavy atom. The normalized spacial score (nSPS) is 11.7. The van der Waals surface area contributed by atoms with E-state index in [0.717, 1.165) is 0 Å². The number of hydrogen-bond donors (Lipinski definition) is 2. The van der Waals surface area contributed by atoms with Gasteiger partial charge in [-0.05, 0) is 29.5 Å². The van der Waals surface area contributed by atoms with Gasteiger partial charge in [-0.1, -0.05) is 43.6 Å². The molecule has 138 valence electrons. The highest BCUT2D eigenvalue weighted by atomic mass is 35.5. The molecule has 2 amide bonds. The molecule has 2 rings (SSSR count). The molecule has 0 unspecified atom stereocenters. The number of hydrogen-bond acceptors (Lipinski definition) is 5. The van der Waals surface area contributed by atoms with Crippen molar-refractivity contribution in [2.45, 2.75) is 19.9 Å². The zero-order chi connectivity index (χ0) is 19.1. The SMILES string of the molecule is CC(C)[C@@H](NC(=O)c1cccs1)C(=O)OCC(=O)Nc1ccccc1Cl. The highest BCUT2D eigenvalue weighted by Crippen LogP contribution is 2.20. The molecule has 0 aliphatic heterocycles. The number of nitrogens with one attached hydrogen (secondary N) is 2. The van der Waals surface area contributed by atoms with E-state index in [9.17, 15) is 14.4 Å². The van der Waals surface area contributed by atoms with Crippen molar-refractivity contribution in [1.29, 1.82) is 0 Å². The summed E-state index contributed by atoms with van der Waals surface area (Å²) < 4.78 is 5.05. The van der Waals surface area contributed by atoms with E-state index in [1.807, 2.05) is 0 Å². The van der Waals surface area contributed by atoms with E-state index in [1.54, 1.807) is 55.6 Å². The Balaban J connectivity index is 1.90. The van der Waals surface area contributed by atoms with Crippen molar-refractivity contribution < 1.29 is 19.1 Å². The first-order valence-electron chi connectivity index (χ1n) is 7.94. The van der Waals surface area contributed by atoms with Gasteiger partial charge in [-0.15, -0.1) is 11.3 Å². The second-order valence-corrected chi connectivity index (χ2v) is 7.16. The van der Waals surface area contributed by atoms with Gasteiger partial charge in [-0.2, -0.15) is 0 Å². The van der Waals surface area contributed by atoms with Gasteiger partial charge in [0.15, 0.2) is 6.61 Å². The zero-order valence-electron chi connectivity index (χ0n) is 14.3. The van der Waals surface area contributed by atoms with Gasteiger partial charge in [0, 0.05) is 0 Å². The molecule has 0 fully saturated rings. The number of halogens is 1.